The Kier molecular flexibility index (Phi) is 23.4. The average molecular weight is 1700 g/mol. The number of para-hydroxylation sites is 4. The predicted octanol–water partition coefficient (Wildman–Crippen LogP) is 19.7. The molecule has 125 heavy (non-hydrogen) atoms. The Morgan fingerprint density at radius 3 is 1.04 bits per heavy atom. The number of fused-ring (bicyclic) bond motifs is 8. The molecule has 0 aliphatic heterocycles. The Bertz CT molecular complexity index is 7630. The van der Waals surface area contributed by atoms with E-state index in [1.165, 1.54) is 61.7 Å². The van der Waals surface area contributed by atoms with Crippen molar-refractivity contribution in [1.29, 1.82) is 0 Å². The summed E-state index contributed by atoms with van der Waals surface area (Å²) >= 11 is 12.7. The molecular formula is C96H71Cl2F3N20O4. The number of pyridine rings is 8. The molecule has 20 aromatic rings. The Morgan fingerprint density at radius 2 is 0.624 bits per heavy atom. The van der Waals surface area contributed by atoms with Crippen LogP contribution in [0.5, 0.6) is 0 Å². The van der Waals surface area contributed by atoms with Gasteiger partial charge >= 0.3 is 0 Å². The first-order valence-electron chi connectivity index (χ1n) is 39.5. The first-order valence-corrected chi connectivity index (χ1v) is 40.3. The minimum absolute atomic E-state index is 0.139. The number of rotatable bonds is 16. The first-order chi connectivity index (χ1) is 60.9. The van der Waals surface area contributed by atoms with Gasteiger partial charge in [-0.1, -0.05) is 114 Å². The second-order valence-electron chi connectivity index (χ2n) is 29.0. The monoisotopic (exact) mass is 1690 g/mol. The van der Waals surface area contributed by atoms with Crippen molar-refractivity contribution in [1.82, 2.24) is 78.1 Å². The topological polar surface area (TPSA) is 291 Å². The van der Waals surface area contributed by atoms with Crippen molar-refractivity contribution in [2.75, 3.05) is 21.3 Å². The van der Waals surface area contributed by atoms with Crippen LogP contribution in [0.4, 0.5) is 36.4 Å². The number of aromatic nitrogens is 16. The van der Waals surface area contributed by atoms with E-state index in [9.17, 15) is 32.3 Å². The number of nitrogens with one attached hydrogen (secondary N) is 4. The van der Waals surface area contributed by atoms with Crippen molar-refractivity contribution >= 4 is 134 Å². The minimum atomic E-state index is -0.510. The molecule has 20 rings (SSSR count). The quantitative estimate of drug-likeness (QED) is 0.0699. The number of hydrogen-bond donors (Lipinski definition) is 4. The minimum Gasteiger partial charge on any atom is -0.360 e. The van der Waals surface area contributed by atoms with Crippen molar-refractivity contribution in [2.45, 2.75) is 51.9 Å². The fraction of sp³-hybridized carbons (Fsp3) is 0.0833. The van der Waals surface area contributed by atoms with Gasteiger partial charge in [0.25, 0.3) is 22.2 Å². The lowest BCUT2D eigenvalue weighted by Crippen LogP contribution is -2.26. The van der Waals surface area contributed by atoms with E-state index in [1.54, 1.807) is 79.5 Å². The van der Waals surface area contributed by atoms with E-state index < -0.39 is 23.2 Å². The van der Waals surface area contributed by atoms with Crippen LogP contribution in [-0.4, -0.2) is 78.1 Å². The maximum Gasteiger partial charge on any atom is 0.264 e. The maximum atomic E-state index is 14.7. The molecule has 0 radical (unpaired) electrons. The van der Waals surface area contributed by atoms with Crippen molar-refractivity contribution in [2.24, 2.45) is 0 Å². The summed E-state index contributed by atoms with van der Waals surface area (Å²) in [5.74, 6) is 0.894. The molecule has 0 amide bonds. The highest BCUT2D eigenvalue weighted by molar-refractivity contribution is 6.36. The summed E-state index contributed by atoms with van der Waals surface area (Å²) in [6.07, 6.45) is 12.6. The van der Waals surface area contributed by atoms with Crippen LogP contribution in [0.1, 0.15) is 74.6 Å². The molecule has 614 valence electrons. The van der Waals surface area contributed by atoms with E-state index in [-0.39, 0.29) is 61.8 Å². The average Bonchev–Trinajstić information content (AvgIpc) is 0.761. The van der Waals surface area contributed by atoms with Gasteiger partial charge in [0.05, 0.1) is 72.4 Å². The molecule has 0 spiro atoms. The molecule has 12 heterocycles. The van der Waals surface area contributed by atoms with Gasteiger partial charge < -0.3 is 21.3 Å². The van der Waals surface area contributed by atoms with Gasteiger partial charge in [-0.15, -0.1) is 0 Å². The van der Waals surface area contributed by atoms with Crippen molar-refractivity contribution < 1.29 is 13.2 Å². The zero-order valence-corrected chi connectivity index (χ0v) is 68.4. The number of hydrogen-bond acceptors (Lipinski definition) is 20. The summed E-state index contributed by atoms with van der Waals surface area (Å²) in [5, 5.41) is 17.3. The van der Waals surface area contributed by atoms with E-state index >= 15 is 0 Å². The lowest BCUT2D eigenvalue weighted by atomic mass is 10.1. The number of anilines is 4. The fourth-order valence-electron chi connectivity index (χ4n) is 15.1. The Labute approximate surface area is 719 Å². The van der Waals surface area contributed by atoms with Gasteiger partial charge in [0.2, 0.25) is 0 Å². The standard InChI is InChI=1S/C24H17ClFN5O.C24H18ClN5O.2C24H18FN5O/c1-14(30-23-22-19(28-13-29-23)8-5-11-27-22)20-12-16-18(26)10-9-17(25)21(16)24(32)31(20)15-6-3-2-4-7-15;1-15(29-23-22-19(27-14-28-23)11-6-12-26-22)20-13-16-7-5-10-18(25)21(16)24(31)30(20)17-8-3-2-4-9-17;1-15(29-23-22-20(27-14-28-23)11-6-12-26-22)21-13-18-17(9-5-10-19(18)25)24(31)30(21)16-7-3-2-4-8-16;1-15(29-23-22-20(27-14-28-23)8-5-11-26-22)21-13-16-12-17(25)9-10-19(16)24(31)30(21)18-6-3-2-4-7-18/h2-14H,1H3,(H,28,29,30);3*2-15H,1H3,(H,27,28,29)/t14-;3*15-/m0000/s1. The zero-order valence-electron chi connectivity index (χ0n) is 66.9. The second kappa shape index (κ2) is 35.8. The smallest absolute Gasteiger partial charge is 0.264 e. The molecule has 0 saturated heterocycles. The normalized spacial score (nSPS) is 12.2. The van der Waals surface area contributed by atoms with Crippen LogP contribution >= 0.6 is 23.2 Å². The predicted molar refractivity (Wildman–Crippen MR) is 486 cm³/mol. The summed E-state index contributed by atoms with van der Waals surface area (Å²) in [6.45, 7) is 7.69. The summed E-state index contributed by atoms with van der Waals surface area (Å²) in [7, 11) is 0. The molecule has 24 nitrogen and oxygen atoms in total. The summed E-state index contributed by atoms with van der Waals surface area (Å²) in [6, 6.07) is 74.8. The molecule has 4 N–H and O–H groups in total. The zero-order chi connectivity index (χ0) is 86.4. The van der Waals surface area contributed by atoms with Crippen molar-refractivity contribution in [3.63, 3.8) is 0 Å². The van der Waals surface area contributed by atoms with Gasteiger partial charge in [0.1, 0.15) is 64.8 Å². The van der Waals surface area contributed by atoms with Crippen LogP contribution in [0.15, 0.2) is 330 Å². The Hall–Kier alpha value is -15.9. The van der Waals surface area contributed by atoms with Crippen LogP contribution < -0.4 is 43.5 Å². The van der Waals surface area contributed by atoms with E-state index in [4.69, 9.17) is 23.2 Å². The van der Waals surface area contributed by atoms with Crippen molar-refractivity contribution in [3.8, 4) is 22.7 Å². The molecule has 0 aliphatic rings. The molecule has 0 fully saturated rings. The van der Waals surface area contributed by atoms with Gasteiger partial charge in [-0.2, -0.15) is 0 Å². The van der Waals surface area contributed by atoms with Gasteiger partial charge in [-0.05, 0) is 208 Å². The summed E-state index contributed by atoms with van der Waals surface area (Å²) < 4.78 is 49.7. The number of halogens is 5. The molecule has 0 bridgehead atoms. The highest BCUT2D eigenvalue weighted by Crippen LogP contribution is 2.35. The molecule has 0 aliphatic carbocycles. The van der Waals surface area contributed by atoms with Crippen molar-refractivity contribution in [3.05, 3.63) is 403 Å². The molecule has 4 atom stereocenters. The third-order valence-corrected chi connectivity index (χ3v) is 21.6. The molecular weight excluding hydrogens is 1630 g/mol. The first kappa shape index (κ1) is 81.5. The lowest BCUT2D eigenvalue weighted by Gasteiger charge is -2.22. The van der Waals surface area contributed by atoms with Gasteiger partial charge in [0, 0.05) is 86.5 Å². The third kappa shape index (κ3) is 16.7. The Morgan fingerprint density at radius 1 is 0.280 bits per heavy atom. The molecule has 29 heteroatoms. The van der Waals surface area contributed by atoms with Crippen LogP contribution in [0.3, 0.4) is 0 Å². The third-order valence-electron chi connectivity index (χ3n) is 21.0. The number of nitrogens with zero attached hydrogens (tertiary/aromatic N) is 16. The largest absolute Gasteiger partial charge is 0.360 e. The van der Waals surface area contributed by atoms with Gasteiger partial charge in [-0.25, -0.2) is 53.0 Å². The molecule has 0 saturated carbocycles. The van der Waals surface area contributed by atoms with E-state index in [1.807, 2.05) is 216 Å². The number of benzene rings is 8. The Balaban J connectivity index is 0.000000118. The second-order valence-corrected chi connectivity index (χ2v) is 29.8. The van der Waals surface area contributed by atoms with Crippen LogP contribution in [-0.2, 0) is 0 Å². The SMILES string of the molecule is C[C@H](Nc1ncnc2cccnc12)c1cc2c(F)ccc(Cl)c2c(=O)n1-c1ccccc1.C[C@H](Nc1ncnc2cccnc12)c1cc2c(F)cccc2c(=O)n1-c1ccccc1.C[C@H](Nc1ncnc2cccnc12)c1cc2cc(F)ccc2c(=O)n1-c1ccccc1.C[C@H](Nc1ncnc2cccnc12)c1cc2cccc(Cl)c2c(=O)n1-c1ccccc1. The van der Waals surface area contributed by atoms with Gasteiger partial charge in [0.15, 0.2) is 23.3 Å². The van der Waals surface area contributed by atoms with Crippen LogP contribution in [0, 0.1) is 17.5 Å². The highest BCUT2D eigenvalue weighted by Gasteiger charge is 2.26. The van der Waals surface area contributed by atoms with Crippen LogP contribution in [0.25, 0.3) is 110 Å². The van der Waals surface area contributed by atoms with E-state index in [0.717, 1.165) is 28.0 Å². The lowest BCUT2D eigenvalue weighted by molar-refractivity contribution is 0.629. The van der Waals surface area contributed by atoms with Gasteiger partial charge in [-0.3, -0.25) is 57.4 Å². The summed E-state index contributed by atoms with van der Waals surface area (Å²) in [4.78, 5) is 106. The molecule has 8 aromatic carbocycles. The van der Waals surface area contributed by atoms with Crippen LogP contribution in [0.2, 0.25) is 10.0 Å². The fourth-order valence-corrected chi connectivity index (χ4v) is 15.6. The summed E-state index contributed by atoms with van der Waals surface area (Å²) in [5.41, 5.74) is 9.82. The van der Waals surface area contributed by atoms with E-state index in [2.05, 4.69) is 81.1 Å². The van der Waals surface area contributed by atoms with E-state index in [0.29, 0.717) is 117 Å². The molecule has 12 aromatic heterocycles. The molecule has 0 unspecified atom stereocenters. The maximum absolute atomic E-state index is 14.7. The highest BCUT2D eigenvalue weighted by atomic mass is 35.5.